The lowest BCUT2D eigenvalue weighted by molar-refractivity contribution is -0.182. The quantitative estimate of drug-likeness (QED) is 0.805. The Kier molecular flexibility index (Phi) is 4.34. The van der Waals surface area contributed by atoms with Gasteiger partial charge in [-0.1, -0.05) is 6.42 Å². The molecule has 1 heterocycles. The van der Waals surface area contributed by atoms with Gasteiger partial charge in [0.15, 0.2) is 0 Å². The number of aromatic nitrogens is 1. The van der Waals surface area contributed by atoms with Crippen molar-refractivity contribution in [2.75, 3.05) is 5.32 Å². The molecular weight excluding hydrogens is 298 g/mol. The van der Waals surface area contributed by atoms with Crippen LogP contribution >= 0.6 is 0 Å². The molecule has 0 radical (unpaired) electrons. The van der Waals surface area contributed by atoms with E-state index in [1.165, 1.54) is 6.07 Å². The van der Waals surface area contributed by atoms with Crippen LogP contribution in [-0.4, -0.2) is 17.2 Å². The predicted octanol–water partition coefficient (Wildman–Crippen LogP) is 4.63. The first-order valence-electron chi connectivity index (χ1n) is 6.53. The molecule has 0 amide bonds. The molecule has 0 spiro atoms. The van der Waals surface area contributed by atoms with Crippen LogP contribution in [-0.2, 0) is 6.18 Å². The molecule has 118 valence electrons. The molecule has 1 aliphatic carbocycles. The van der Waals surface area contributed by atoms with Gasteiger partial charge in [0.2, 0.25) is 0 Å². The molecular formula is C13H14F6N2. The number of hydrogen-bond donors (Lipinski definition) is 1. The summed E-state index contributed by atoms with van der Waals surface area (Å²) in [6, 6.07) is 1.60. The highest BCUT2D eigenvalue weighted by Gasteiger charge is 2.42. The summed E-state index contributed by atoms with van der Waals surface area (Å²) in [5.41, 5.74) is -0.722. The lowest BCUT2D eigenvalue weighted by Crippen LogP contribution is -2.34. The number of halogens is 6. The van der Waals surface area contributed by atoms with Crippen molar-refractivity contribution in [3.05, 3.63) is 24.0 Å². The molecule has 0 aromatic carbocycles. The number of anilines is 1. The summed E-state index contributed by atoms with van der Waals surface area (Å²) in [6.45, 7) is 0. The van der Waals surface area contributed by atoms with Crippen LogP contribution in [0.25, 0.3) is 0 Å². The van der Waals surface area contributed by atoms with E-state index in [4.69, 9.17) is 0 Å². The highest BCUT2D eigenvalue weighted by molar-refractivity contribution is 5.42. The third-order valence-electron chi connectivity index (χ3n) is 3.56. The van der Waals surface area contributed by atoms with Crippen LogP contribution in [0.15, 0.2) is 18.3 Å². The number of hydrogen-bond acceptors (Lipinski definition) is 2. The van der Waals surface area contributed by atoms with E-state index in [1.807, 2.05) is 0 Å². The van der Waals surface area contributed by atoms with Crippen LogP contribution in [0.4, 0.5) is 32.0 Å². The summed E-state index contributed by atoms with van der Waals surface area (Å²) >= 11 is 0. The van der Waals surface area contributed by atoms with Gasteiger partial charge in [0.1, 0.15) is 5.69 Å². The SMILES string of the molecule is FC(F)(F)c1ccc(NC2CCCC(C(F)(F)F)C2)cn1. The second-order valence-corrected chi connectivity index (χ2v) is 5.18. The fraction of sp³-hybridized carbons (Fsp3) is 0.615. The maximum absolute atomic E-state index is 12.7. The molecule has 21 heavy (non-hydrogen) atoms. The first kappa shape index (κ1) is 15.9. The van der Waals surface area contributed by atoms with Crippen molar-refractivity contribution in [3.63, 3.8) is 0 Å². The molecule has 0 bridgehead atoms. The average Bonchev–Trinajstić information content (AvgIpc) is 2.37. The molecule has 1 aliphatic rings. The number of pyridine rings is 1. The summed E-state index contributed by atoms with van der Waals surface area (Å²) in [7, 11) is 0. The van der Waals surface area contributed by atoms with Crippen molar-refractivity contribution < 1.29 is 26.3 Å². The van der Waals surface area contributed by atoms with Crippen molar-refractivity contribution in [1.29, 1.82) is 0 Å². The van der Waals surface area contributed by atoms with Crippen molar-refractivity contribution in [2.45, 2.75) is 44.1 Å². The number of nitrogens with one attached hydrogen (secondary N) is 1. The largest absolute Gasteiger partial charge is 0.433 e. The fourth-order valence-electron chi connectivity index (χ4n) is 2.50. The molecule has 8 heteroatoms. The summed E-state index contributed by atoms with van der Waals surface area (Å²) in [5.74, 6) is -1.36. The van der Waals surface area contributed by atoms with E-state index in [0.29, 0.717) is 18.5 Å². The Labute approximate surface area is 117 Å². The van der Waals surface area contributed by atoms with Crippen LogP contribution < -0.4 is 5.32 Å². The van der Waals surface area contributed by atoms with E-state index in [2.05, 4.69) is 10.3 Å². The standard InChI is InChI=1S/C13H14F6N2/c14-12(15,16)8-2-1-3-9(6-8)21-10-4-5-11(20-7-10)13(17,18)19/h4-5,7-9,21H,1-3,6H2. The highest BCUT2D eigenvalue weighted by atomic mass is 19.4. The monoisotopic (exact) mass is 312 g/mol. The smallest absolute Gasteiger partial charge is 0.381 e. The van der Waals surface area contributed by atoms with Gasteiger partial charge >= 0.3 is 12.4 Å². The molecule has 2 atom stereocenters. The minimum Gasteiger partial charge on any atom is -0.381 e. The van der Waals surface area contributed by atoms with Gasteiger partial charge in [-0.3, -0.25) is 0 Å². The van der Waals surface area contributed by atoms with E-state index in [1.54, 1.807) is 0 Å². The molecule has 2 unspecified atom stereocenters. The average molecular weight is 312 g/mol. The minimum atomic E-state index is -4.52. The molecule has 1 fully saturated rings. The zero-order chi connectivity index (χ0) is 15.7. The first-order valence-corrected chi connectivity index (χ1v) is 6.53. The topological polar surface area (TPSA) is 24.9 Å². The number of nitrogens with zero attached hydrogens (tertiary/aromatic N) is 1. The van der Waals surface area contributed by atoms with Crippen molar-refractivity contribution in [1.82, 2.24) is 4.98 Å². The van der Waals surface area contributed by atoms with E-state index >= 15 is 0 Å². The fourth-order valence-corrected chi connectivity index (χ4v) is 2.50. The van der Waals surface area contributed by atoms with Crippen molar-refractivity contribution >= 4 is 5.69 Å². The van der Waals surface area contributed by atoms with Crippen LogP contribution in [0, 0.1) is 5.92 Å². The molecule has 1 aromatic heterocycles. The van der Waals surface area contributed by atoms with Crippen LogP contribution in [0.5, 0.6) is 0 Å². The van der Waals surface area contributed by atoms with E-state index in [0.717, 1.165) is 12.3 Å². The number of alkyl halides is 6. The van der Waals surface area contributed by atoms with Gasteiger partial charge in [-0.05, 0) is 31.4 Å². The van der Waals surface area contributed by atoms with Gasteiger partial charge in [-0.25, -0.2) is 4.98 Å². The molecule has 1 N–H and O–H groups in total. The zero-order valence-electron chi connectivity index (χ0n) is 10.9. The summed E-state index contributed by atoms with van der Waals surface area (Å²) in [5, 5.41) is 2.83. The molecule has 2 rings (SSSR count). The predicted molar refractivity (Wildman–Crippen MR) is 64.7 cm³/mol. The summed E-state index contributed by atoms with van der Waals surface area (Å²) < 4.78 is 75.1. The van der Waals surface area contributed by atoms with Gasteiger partial charge in [0.05, 0.1) is 17.8 Å². The van der Waals surface area contributed by atoms with Gasteiger partial charge in [-0.15, -0.1) is 0 Å². The Morgan fingerprint density at radius 2 is 1.76 bits per heavy atom. The van der Waals surface area contributed by atoms with E-state index in [9.17, 15) is 26.3 Å². The first-order chi connectivity index (χ1) is 9.66. The maximum Gasteiger partial charge on any atom is 0.433 e. The minimum absolute atomic E-state index is 0.0650. The molecule has 0 aliphatic heterocycles. The Morgan fingerprint density at radius 3 is 2.29 bits per heavy atom. The van der Waals surface area contributed by atoms with Crippen LogP contribution in [0.1, 0.15) is 31.4 Å². The Morgan fingerprint density at radius 1 is 1.05 bits per heavy atom. The summed E-state index contributed by atoms with van der Waals surface area (Å²) in [6.07, 6.45) is -6.70. The number of rotatable bonds is 2. The Hall–Kier alpha value is -1.47. The molecule has 0 saturated heterocycles. The van der Waals surface area contributed by atoms with E-state index in [-0.39, 0.29) is 12.8 Å². The third kappa shape index (κ3) is 4.25. The third-order valence-corrected chi connectivity index (χ3v) is 3.56. The van der Waals surface area contributed by atoms with Crippen molar-refractivity contribution in [3.8, 4) is 0 Å². The zero-order valence-corrected chi connectivity index (χ0v) is 10.9. The Bertz CT molecular complexity index is 465. The van der Waals surface area contributed by atoms with Gasteiger partial charge in [0.25, 0.3) is 0 Å². The Balaban J connectivity index is 1.98. The summed E-state index contributed by atoms with van der Waals surface area (Å²) in [4.78, 5) is 3.27. The lowest BCUT2D eigenvalue weighted by atomic mass is 9.85. The van der Waals surface area contributed by atoms with Gasteiger partial charge in [0, 0.05) is 6.04 Å². The normalized spacial score (nSPS) is 23.9. The second-order valence-electron chi connectivity index (χ2n) is 5.18. The lowest BCUT2D eigenvalue weighted by Gasteiger charge is -2.31. The second kappa shape index (κ2) is 5.73. The molecule has 1 saturated carbocycles. The molecule has 2 nitrogen and oxygen atoms in total. The van der Waals surface area contributed by atoms with E-state index < -0.39 is 30.0 Å². The highest BCUT2D eigenvalue weighted by Crippen LogP contribution is 2.38. The maximum atomic E-state index is 12.7. The molecule has 1 aromatic rings. The van der Waals surface area contributed by atoms with Gasteiger partial charge < -0.3 is 5.32 Å². The van der Waals surface area contributed by atoms with Crippen LogP contribution in [0.2, 0.25) is 0 Å². The van der Waals surface area contributed by atoms with Gasteiger partial charge in [-0.2, -0.15) is 26.3 Å². The van der Waals surface area contributed by atoms with Crippen LogP contribution in [0.3, 0.4) is 0 Å². The van der Waals surface area contributed by atoms with Crippen molar-refractivity contribution in [2.24, 2.45) is 5.92 Å².